The second kappa shape index (κ2) is 3.80. The highest BCUT2D eigenvalue weighted by Crippen LogP contribution is 2.40. The number of hydrogen-bond acceptors (Lipinski definition) is 1. The molecule has 0 saturated heterocycles. The highest BCUT2D eigenvalue weighted by atomic mass is 16.1. The van der Waals surface area contributed by atoms with Crippen molar-refractivity contribution in [3.63, 3.8) is 0 Å². The summed E-state index contributed by atoms with van der Waals surface area (Å²) in [5.74, 6) is 0.432. The standard InChI is InChI=1S/C14H18O/c1-3-13(15)14(4-2)9-11-7-5-6-8-12(11)10-14/h5-8H,3-4,9-10H2,1-2H3. The predicted molar refractivity (Wildman–Crippen MR) is 61.9 cm³/mol. The SMILES string of the molecule is CCC(=O)C1(CC)Cc2ccccc2C1. The van der Waals surface area contributed by atoms with E-state index in [1.165, 1.54) is 11.1 Å². The fourth-order valence-electron chi connectivity index (χ4n) is 2.71. The normalized spacial score (nSPS) is 17.5. The maximum atomic E-state index is 12.0. The average molecular weight is 202 g/mol. The molecule has 0 spiro atoms. The zero-order chi connectivity index (χ0) is 10.9. The molecule has 1 aliphatic carbocycles. The maximum Gasteiger partial charge on any atom is 0.139 e. The van der Waals surface area contributed by atoms with Crippen LogP contribution < -0.4 is 0 Å². The Balaban J connectivity index is 2.33. The molecule has 2 rings (SSSR count). The molecule has 1 aliphatic rings. The van der Waals surface area contributed by atoms with Crippen molar-refractivity contribution < 1.29 is 4.79 Å². The maximum absolute atomic E-state index is 12.0. The first-order valence-electron chi connectivity index (χ1n) is 5.82. The van der Waals surface area contributed by atoms with Crippen LogP contribution in [0.5, 0.6) is 0 Å². The fraction of sp³-hybridized carbons (Fsp3) is 0.500. The van der Waals surface area contributed by atoms with E-state index >= 15 is 0 Å². The molecule has 0 amide bonds. The van der Waals surface area contributed by atoms with Gasteiger partial charge in [0.25, 0.3) is 0 Å². The second-order valence-electron chi connectivity index (χ2n) is 4.53. The Labute approximate surface area is 91.5 Å². The monoisotopic (exact) mass is 202 g/mol. The molecule has 0 unspecified atom stereocenters. The van der Waals surface area contributed by atoms with Crippen LogP contribution >= 0.6 is 0 Å². The van der Waals surface area contributed by atoms with E-state index in [4.69, 9.17) is 0 Å². The van der Waals surface area contributed by atoms with Crippen molar-refractivity contribution in [1.82, 2.24) is 0 Å². The molecule has 0 bridgehead atoms. The van der Waals surface area contributed by atoms with Crippen molar-refractivity contribution in [3.8, 4) is 0 Å². The average Bonchev–Trinajstić information content (AvgIpc) is 2.67. The van der Waals surface area contributed by atoms with Crippen molar-refractivity contribution in [2.75, 3.05) is 0 Å². The predicted octanol–water partition coefficient (Wildman–Crippen LogP) is 3.16. The van der Waals surface area contributed by atoms with Crippen molar-refractivity contribution >= 4 is 5.78 Å². The first-order valence-corrected chi connectivity index (χ1v) is 5.82. The first kappa shape index (κ1) is 10.4. The number of rotatable bonds is 3. The number of carbonyl (C=O) groups is 1. The van der Waals surface area contributed by atoms with E-state index in [1.54, 1.807) is 0 Å². The van der Waals surface area contributed by atoms with Crippen molar-refractivity contribution in [3.05, 3.63) is 35.4 Å². The van der Waals surface area contributed by atoms with E-state index in [1.807, 2.05) is 6.92 Å². The summed E-state index contributed by atoms with van der Waals surface area (Å²) in [7, 11) is 0. The Hall–Kier alpha value is -1.11. The lowest BCUT2D eigenvalue weighted by molar-refractivity contribution is -0.128. The number of Topliss-reactive ketones (excluding diaryl/α,β-unsaturated/α-hetero) is 1. The van der Waals surface area contributed by atoms with E-state index in [0.717, 1.165) is 19.3 Å². The number of benzene rings is 1. The molecule has 1 aromatic carbocycles. The molecule has 1 nitrogen and oxygen atoms in total. The van der Waals surface area contributed by atoms with Gasteiger partial charge in [-0.1, -0.05) is 38.1 Å². The van der Waals surface area contributed by atoms with Gasteiger partial charge >= 0.3 is 0 Å². The second-order valence-corrected chi connectivity index (χ2v) is 4.53. The number of carbonyl (C=O) groups excluding carboxylic acids is 1. The molecule has 0 heterocycles. The van der Waals surface area contributed by atoms with Gasteiger partial charge in [0.2, 0.25) is 0 Å². The Morgan fingerprint density at radius 2 is 1.73 bits per heavy atom. The van der Waals surface area contributed by atoms with Gasteiger partial charge < -0.3 is 0 Å². The van der Waals surface area contributed by atoms with Gasteiger partial charge in [-0.2, -0.15) is 0 Å². The summed E-state index contributed by atoms with van der Waals surface area (Å²) >= 11 is 0. The van der Waals surface area contributed by atoms with Crippen LogP contribution in [-0.2, 0) is 17.6 Å². The van der Waals surface area contributed by atoms with Gasteiger partial charge in [0.1, 0.15) is 5.78 Å². The van der Waals surface area contributed by atoms with Gasteiger partial charge in [-0.05, 0) is 30.4 Å². The molecule has 80 valence electrons. The van der Waals surface area contributed by atoms with E-state index in [-0.39, 0.29) is 5.41 Å². The molecule has 15 heavy (non-hydrogen) atoms. The molecule has 0 aliphatic heterocycles. The molecule has 1 heteroatoms. The Morgan fingerprint density at radius 1 is 1.20 bits per heavy atom. The van der Waals surface area contributed by atoms with Crippen molar-refractivity contribution in [2.24, 2.45) is 5.41 Å². The smallest absolute Gasteiger partial charge is 0.139 e. The lowest BCUT2D eigenvalue weighted by atomic mass is 9.77. The molecular formula is C14H18O. The summed E-state index contributed by atoms with van der Waals surface area (Å²) in [6.07, 6.45) is 3.54. The molecule has 1 aromatic rings. The third-order valence-corrected chi connectivity index (χ3v) is 3.77. The van der Waals surface area contributed by atoms with Gasteiger partial charge in [0.05, 0.1) is 0 Å². The largest absolute Gasteiger partial charge is 0.299 e. The van der Waals surface area contributed by atoms with Crippen LogP contribution in [0, 0.1) is 5.41 Å². The molecular weight excluding hydrogens is 184 g/mol. The molecule has 0 fully saturated rings. The van der Waals surface area contributed by atoms with Crippen LogP contribution in [0.25, 0.3) is 0 Å². The van der Waals surface area contributed by atoms with Crippen LogP contribution in [-0.4, -0.2) is 5.78 Å². The number of hydrogen-bond donors (Lipinski definition) is 0. The zero-order valence-electron chi connectivity index (χ0n) is 9.55. The van der Waals surface area contributed by atoms with Crippen LogP contribution in [0.15, 0.2) is 24.3 Å². The van der Waals surface area contributed by atoms with E-state index in [9.17, 15) is 4.79 Å². The summed E-state index contributed by atoms with van der Waals surface area (Å²) in [6, 6.07) is 8.47. The summed E-state index contributed by atoms with van der Waals surface area (Å²) in [5.41, 5.74) is 2.67. The number of ketones is 1. The first-order chi connectivity index (χ1) is 7.22. The van der Waals surface area contributed by atoms with Crippen molar-refractivity contribution in [2.45, 2.75) is 39.5 Å². The molecule has 0 atom stereocenters. The van der Waals surface area contributed by atoms with Gasteiger partial charge in [-0.15, -0.1) is 0 Å². The van der Waals surface area contributed by atoms with Crippen LogP contribution in [0.4, 0.5) is 0 Å². The highest BCUT2D eigenvalue weighted by molar-refractivity contribution is 5.86. The van der Waals surface area contributed by atoms with E-state index in [2.05, 4.69) is 31.2 Å². The Bertz CT molecular complexity index is 354. The topological polar surface area (TPSA) is 17.1 Å². The van der Waals surface area contributed by atoms with E-state index in [0.29, 0.717) is 12.2 Å². The molecule has 0 radical (unpaired) electrons. The fourth-order valence-corrected chi connectivity index (χ4v) is 2.71. The van der Waals surface area contributed by atoms with Gasteiger partial charge in [-0.3, -0.25) is 4.79 Å². The van der Waals surface area contributed by atoms with Crippen LogP contribution in [0.2, 0.25) is 0 Å². The lowest BCUT2D eigenvalue weighted by Gasteiger charge is -2.25. The van der Waals surface area contributed by atoms with E-state index < -0.39 is 0 Å². The summed E-state index contributed by atoms with van der Waals surface area (Å²) < 4.78 is 0. The highest BCUT2D eigenvalue weighted by Gasteiger charge is 2.40. The van der Waals surface area contributed by atoms with Crippen LogP contribution in [0.3, 0.4) is 0 Å². The third kappa shape index (κ3) is 1.60. The molecule has 0 saturated carbocycles. The summed E-state index contributed by atoms with van der Waals surface area (Å²) in [4.78, 5) is 12.0. The summed E-state index contributed by atoms with van der Waals surface area (Å²) in [5, 5.41) is 0. The molecule has 0 aromatic heterocycles. The third-order valence-electron chi connectivity index (χ3n) is 3.77. The minimum atomic E-state index is -0.0849. The Kier molecular flexibility index (Phi) is 2.64. The van der Waals surface area contributed by atoms with Crippen molar-refractivity contribution in [1.29, 1.82) is 0 Å². The minimum Gasteiger partial charge on any atom is -0.299 e. The number of fused-ring (bicyclic) bond motifs is 1. The zero-order valence-corrected chi connectivity index (χ0v) is 9.55. The lowest BCUT2D eigenvalue weighted by Crippen LogP contribution is -2.30. The van der Waals surface area contributed by atoms with Crippen LogP contribution in [0.1, 0.15) is 37.8 Å². The summed E-state index contributed by atoms with van der Waals surface area (Å²) in [6.45, 7) is 4.11. The Morgan fingerprint density at radius 3 is 2.13 bits per heavy atom. The van der Waals surface area contributed by atoms with Gasteiger partial charge in [0, 0.05) is 11.8 Å². The minimum absolute atomic E-state index is 0.0849. The van der Waals surface area contributed by atoms with Gasteiger partial charge in [0.15, 0.2) is 0 Å². The molecule has 0 N–H and O–H groups in total. The van der Waals surface area contributed by atoms with Gasteiger partial charge in [-0.25, -0.2) is 0 Å². The quantitative estimate of drug-likeness (QED) is 0.735.